The Bertz CT molecular complexity index is 196. The molecule has 0 saturated carbocycles. The zero-order chi connectivity index (χ0) is 7.40. The fraction of sp³-hybridized carbons (Fsp3) is 0.250. The molecule has 0 unspecified atom stereocenters. The van der Waals surface area contributed by atoms with E-state index in [0.717, 1.165) is 5.75 Å². The van der Waals surface area contributed by atoms with Gasteiger partial charge in [0.15, 0.2) is 0 Å². The van der Waals surface area contributed by atoms with Crippen LogP contribution in [0.25, 0.3) is 0 Å². The van der Waals surface area contributed by atoms with Crippen molar-refractivity contribution in [3.63, 3.8) is 0 Å². The minimum Gasteiger partial charge on any atom is -0.497 e. The maximum Gasteiger partial charge on any atom is 0.119 e. The standard InChI is InChI=1S/C8H10OS.2H2O/c1-9-7-4-3-5-8(6-7)10-2;;/h3-6H,1-2H3;2*1H2. The average molecular weight is 190 g/mol. The van der Waals surface area contributed by atoms with Gasteiger partial charge < -0.3 is 15.7 Å². The van der Waals surface area contributed by atoms with Gasteiger partial charge in [0.25, 0.3) is 0 Å². The fourth-order valence-electron chi connectivity index (χ4n) is 0.728. The molecule has 0 atom stereocenters. The molecule has 70 valence electrons. The molecule has 0 amide bonds. The first kappa shape index (κ1) is 13.9. The average Bonchev–Trinajstić information content (AvgIpc) is 2.05. The van der Waals surface area contributed by atoms with Crippen molar-refractivity contribution in [2.75, 3.05) is 13.4 Å². The van der Waals surface area contributed by atoms with Gasteiger partial charge in [-0.3, -0.25) is 0 Å². The van der Waals surface area contributed by atoms with Crippen LogP contribution in [0.3, 0.4) is 0 Å². The molecule has 12 heavy (non-hydrogen) atoms. The van der Waals surface area contributed by atoms with Crippen molar-refractivity contribution in [1.82, 2.24) is 0 Å². The van der Waals surface area contributed by atoms with Crippen LogP contribution in [0.5, 0.6) is 5.75 Å². The first-order valence-electron chi connectivity index (χ1n) is 3.05. The molecule has 4 heteroatoms. The van der Waals surface area contributed by atoms with Gasteiger partial charge in [-0.2, -0.15) is 0 Å². The largest absolute Gasteiger partial charge is 0.497 e. The number of hydrogen-bond acceptors (Lipinski definition) is 2. The summed E-state index contributed by atoms with van der Waals surface area (Å²) in [5.74, 6) is 0.923. The molecule has 1 aromatic rings. The van der Waals surface area contributed by atoms with Gasteiger partial charge in [-0.15, -0.1) is 11.8 Å². The number of thioether (sulfide) groups is 1. The normalized spacial score (nSPS) is 7.83. The van der Waals surface area contributed by atoms with Crippen molar-refractivity contribution >= 4 is 11.8 Å². The summed E-state index contributed by atoms with van der Waals surface area (Å²) in [6, 6.07) is 8.02. The fourth-order valence-corrected chi connectivity index (χ4v) is 1.18. The third-order valence-electron chi connectivity index (χ3n) is 1.28. The molecule has 3 nitrogen and oxygen atoms in total. The Hall–Kier alpha value is -0.710. The molecule has 0 saturated heterocycles. The zero-order valence-corrected chi connectivity index (χ0v) is 7.94. The Labute approximate surface area is 76.4 Å². The van der Waals surface area contributed by atoms with Gasteiger partial charge >= 0.3 is 0 Å². The lowest BCUT2D eigenvalue weighted by Gasteiger charge is -1.99. The summed E-state index contributed by atoms with van der Waals surface area (Å²) >= 11 is 1.72. The summed E-state index contributed by atoms with van der Waals surface area (Å²) in [5.41, 5.74) is 0. The maximum absolute atomic E-state index is 5.04. The second kappa shape index (κ2) is 6.97. The second-order valence-corrected chi connectivity index (χ2v) is 2.76. The van der Waals surface area contributed by atoms with E-state index in [9.17, 15) is 0 Å². The second-order valence-electron chi connectivity index (χ2n) is 1.88. The molecule has 0 aliphatic heterocycles. The smallest absolute Gasteiger partial charge is 0.119 e. The molecule has 0 aliphatic rings. The van der Waals surface area contributed by atoms with E-state index in [1.165, 1.54) is 4.90 Å². The van der Waals surface area contributed by atoms with Gasteiger partial charge in [-0.25, -0.2) is 0 Å². The predicted molar refractivity (Wildman–Crippen MR) is 52.0 cm³/mol. The predicted octanol–water partition coefficient (Wildman–Crippen LogP) is 0.768. The first-order valence-corrected chi connectivity index (χ1v) is 4.27. The zero-order valence-electron chi connectivity index (χ0n) is 7.13. The topological polar surface area (TPSA) is 72.2 Å². The van der Waals surface area contributed by atoms with E-state index in [1.54, 1.807) is 18.9 Å². The monoisotopic (exact) mass is 190 g/mol. The summed E-state index contributed by atoms with van der Waals surface area (Å²) in [6.45, 7) is 0. The van der Waals surface area contributed by atoms with Gasteiger partial charge in [0.05, 0.1) is 7.11 Å². The quantitative estimate of drug-likeness (QED) is 0.646. The van der Waals surface area contributed by atoms with E-state index in [4.69, 9.17) is 4.74 Å². The molecule has 0 aromatic heterocycles. The summed E-state index contributed by atoms with van der Waals surface area (Å²) in [4.78, 5) is 1.24. The highest BCUT2D eigenvalue weighted by Crippen LogP contribution is 2.19. The third kappa shape index (κ3) is 3.61. The lowest BCUT2D eigenvalue weighted by atomic mass is 10.3. The van der Waals surface area contributed by atoms with E-state index in [2.05, 4.69) is 12.3 Å². The van der Waals surface area contributed by atoms with E-state index in [0.29, 0.717) is 0 Å². The molecule has 0 heterocycles. The Morgan fingerprint density at radius 2 is 1.92 bits per heavy atom. The van der Waals surface area contributed by atoms with Gasteiger partial charge in [0.1, 0.15) is 5.75 Å². The molecule has 0 fully saturated rings. The minimum atomic E-state index is 0. The number of benzene rings is 1. The van der Waals surface area contributed by atoms with Crippen LogP contribution >= 0.6 is 11.8 Å². The maximum atomic E-state index is 5.04. The molecule has 1 rings (SSSR count). The molecule has 4 N–H and O–H groups in total. The first-order chi connectivity index (χ1) is 4.86. The summed E-state index contributed by atoms with van der Waals surface area (Å²) in [7, 11) is 1.68. The summed E-state index contributed by atoms with van der Waals surface area (Å²) < 4.78 is 5.04. The van der Waals surface area contributed by atoms with Crippen LogP contribution in [0, 0.1) is 0 Å². The van der Waals surface area contributed by atoms with Crippen molar-refractivity contribution in [2.45, 2.75) is 4.90 Å². The molecule has 0 aliphatic carbocycles. The molecule has 1 aromatic carbocycles. The van der Waals surface area contributed by atoms with Crippen LogP contribution in [0.1, 0.15) is 0 Å². The lowest BCUT2D eigenvalue weighted by molar-refractivity contribution is 0.413. The Balaban J connectivity index is 0. The van der Waals surface area contributed by atoms with E-state index in [-0.39, 0.29) is 11.0 Å². The highest BCUT2D eigenvalue weighted by atomic mass is 32.2. The van der Waals surface area contributed by atoms with Crippen LogP contribution in [-0.2, 0) is 0 Å². The third-order valence-corrected chi connectivity index (χ3v) is 2.00. The Morgan fingerprint density at radius 1 is 1.25 bits per heavy atom. The van der Waals surface area contributed by atoms with Crippen LogP contribution in [0.15, 0.2) is 29.2 Å². The molecule has 0 radical (unpaired) electrons. The molecule has 0 spiro atoms. The Morgan fingerprint density at radius 3 is 2.42 bits per heavy atom. The highest BCUT2D eigenvalue weighted by molar-refractivity contribution is 7.98. The number of methoxy groups -OCH3 is 1. The molecular formula is C8H14O3S. The Kier molecular flexibility index (Phi) is 8.04. The van der Waals surface area contributed by atoms with Crippen LogP contribution < -0.4 is 4.74 Å². The molecule has 0 bridgehead atoms. The van der Waals surface area contributed by atoms with Crippen LogP contribution in [0.4, 0.5) is 0 Å². The van der Waals surface area contributed by atoms with Crippen molar-refractivity contribution in [2.24, 2.45) is 0 Å². The van der Waals surface area contributed by atoms with E-state index >= 15 is 0 Å². The van der Waals surface area contributed by atoms with Crippen LogP contribution in [0.2, 0.25) is 0 Å². The lowest BCUT2D eigenvalue weighted by Crippen LogP contribution is -1.81. The highest BCUT2D eigenvalue weighted by Gasteiger charge is 1.91. The van der Waals surface area contributed by atoms with Crippen molar-refractivity contribution in [1.29, 1.82) is 0 Å². The van der Waals surface area contributed by atoms with E-state index in [1.807, 2.05) is 18.2 Å². The van der Waals surface area contributed by atoms with Crippen molar-refractivity contribution in [3.05, 3.63) is 24.3 Å². The number of hydrogen-bond donors (Lipinski definition) is 0. The van der Waals surface area contributed by atoms with Gasteiger partial charge in [-0.1, -0.05) is 6.07 Å². The summed E-state index contributed by atoms with van der Waals surface area (Å²) in [5, 5.41) is 0. The van der Waals surface area contributed by atoms with Gasteiger partial charge in [0.2, 0.25) is 0 Å². The van der Waals surface area contributed by atoms with Crippen molar-refractivity contribution < 1.29 is 15.7 Å². The number of ether oxygens (including phenoxy) is 1. The SMILES string of the molecule is COc1cccc(SC)c1.O.O. The molecular weight excluding hydrogens is 176 g/mol. The summed E-state index contributed by atoms with van der Waals surface area (Å²) in [6.07, 6.45) is 2.05. The van der Waals surface area contributed by atoms with Gasteiger partial charge in [-0.05, 0) is 24.5 Å². The van der Waals surface area contributed by atoms with Crippen LogP contribution in [-0.4, -0.2) is 24.3 Å². The number of rotatable bonds is 2. The van der Waals surface area contributed by atoms with Gasteiger partial charge in [0, 0.05) is 4.90 Å². The van der Waals surface area contributed by atoms with E-state index < -0.39 is 0 Å². The van der Waals surface area contributed by atoms with Crippen molar-refractivity contribution in [3.8, 4) is 5.75 Å². The minimum absolute atomic E-state index is 0.